The second kappa shape index (κ2) is 16.2. The van der Waals surface area contributed by atoms with Crippen molar-refractivity contribution in [3.8, 4) is 17.2 Å². The first-order valence-electron chi connectivity index (χ1n) is 15.1. The highest BCUT2D eigenvalue weighted by molar-refractivity contribution is 7.92. The summed E-state index contributed by atoms with van der Waals surface area (Å²) in [4.78, 5) is 29.1. The van der Waals surface area contributed by atoms with E-state index in [-0.39, 0.29) is 34.7 Å². The molecule has 0 aromatic heterocycles. The van der Waals surface area contributed by atoms with Gasteiger partial charge >= 0.3 is 0 Å². The molecule has 0 radical (unpaired) electrons. The molecule has 0 unspecified atom stereocenters. The summed E-state index contributed by atoms with van der Waals surface area (Å²) in [5, 5.41) is 2.95. The summed E-state index contributed by atoms with van der Waals surface area (Å²) in [5.41, 5.74) is 2.07. The fourth-order valence-electron chi connectivity index (χ4n) is 4.82. The van der Waals surface area contributed by atoms with E-state index in [1.807, 2.05) is 58.9 Å². The monoisotopic (exact) mass is 639 g/mol. The zero-order chi connectivity index (χ0) is 33.1. The predicted octanol–water partition coefficient (Wildman–Crippen LogP) is 5.19. The van der Waals surface area contributed by atoms with Crippen LogP contribution < -0.4 is 23.8 Å². The molecule has 1 atom stereocenters. The number of methoxy groups -OCH3 is 2. The third kappa shape index (κ3) is 8.91. The second-order valence-corrected chi connectivity index (χ2v) is 12.8. The maximum atomic E-state index is 14.3. The highest BCUT2D eigenvalue weighted by atomic mass is 32.2. The average Bonchev–Trinajstić information content (AvgIpc) is 3.03. The molecule has 3 aromatic carbocycles. The van der Waals surface area contributed by atoms with Crippen LogP contribution in [0.5, 0.6) is 17.2 Å². The average molecular weight is 640 g/mol. The molecular weight excluding hydrogens is 594 g/mol. The summed E-state index contributed by atoms with van der Waals surface area (Å²) in [6.07, 6.45) is 0.340. The molecule has 1 N–H and O–H groups in total. The fourth-order valence-corrected chi connectivity index (χ4v) is 6.25. The Morgan fingerprint density at radius 2 is 1.58 bits per heavy atom. The SMILES string of the molecule is CCOc1ccc(N(CC(=O)N(Cc2ccccc2C)[C@H](CC)C(=O)NCC(C)C)S(=O)(=O)c2ccc(OC)c(OC)c2)cc1. The Bertz CT molecular complexity index is 1540. The molecule has 3 aromatic rings. The maximum absolute atomic E-state index is 14.3. The molecule has 0 spiro atoms. The van der Waals surface area contributed by atoms with E-state index in [0.29, 0.717) is 31.1 Å². The third-order valence-electron chi connectivity index (χ3n) is 7.33. The van der Waals surface area contributed by atoms with Crippen molar-refractivity contribution in [2.75, 3.05) is 38.2 Å². The standard InChI is InChI=1S/C34H45N3O7S/c1-8-30(34(39)35-21-24(3)4)36(22-26-13-11-10-12-25(26)5)33(38)23-37(27-14-16-28(17-15-27)44-9-2)45(40,41)29-18-19-31(42-6)32(20-29)43-7/h10-20,24,30H,8-9,21-23H2,1-7H3,(H,35,39)/t30-/m1/s1. The van der Waals surface area contributed by atoms with Crippen LogP contribution in [0.15, 0.2) is 71.6 Å². The molecule has 10 nitrogen and oxygen atoms in total. The summed E-state index contributed by atoms with van der Waals surface area (Å²) in [6, 6.07) is 17.6. The smallest absolute Gasteiger partial charge is 0.264 e. The minimum atomic E-state index is -4.31. The Kier molecular flexibility index (Phi) is 12.7. The fraction of sp³-hybridized carbons (Fsp3) is 0.412. The summed E-state index contributed by atoms with van der Waals surface area (Å²) < 4.78 is 45.8. The van der Waals surface area contributed by atoms with Crippen molar-refractivity contribution in [2.24, 2.45) is 5.92 Å². The van der Waals surface area contributed by atoms with Crippen molar-refractivity contribution >= 4 is 27.5 Å². The van der Waals surface area contributed by atoms with Crippen LogP contribution in [0.3, 0.4) is 0 Å². The summed E-state index contributed by atoms with van der Waals surface area (Å²) in [7, 11) is -1.43. The molecule has 0 fully saturated rings. The van der Waals surface area contributed by atoms with Gasteiger partial charge in [-0.3, -0.25) is 13.9 Å². The van der Waals surface area contributed by atoms with E-state index in [1.165, 1.54) is 37.3 Å². The van der Waals surface area contributed by atoms with Gasteiger partial charge in [0.15, 0.2) is 11.5 Å². The number of carbonyl (C=O) groups excluding carboxylic acids is 2. The van der Waals surface area contributed by atoms with Crippen molar-refractivity contribution < 1.29 is 32.2 Å². The lowest BCUT2D eigenvalue weighted by Gasteiger charge is -2.33. The number of sulfonamides is 1. The Morgan fingerprint density at radius 1 is 0.911 bits per heavy atom. The number of rotatable bonds is 16. The van der Waals surface area contributed by atoms with Crippen LogP contribution in [-0.4, -0.2) is 65.1 Å². The van der Waals surface area contributed by atoms with Crippen molar-refractivity contribution in [3.05, 3.63) is 77.9 Å². The van der Waals surface area contributed by atoms with Gasteiger partial charge in [0.2, 0.25) is 11.8 Å². The van der Waals surface area contributed by atoms with Gasteiger partial charge in [0, 0.05) is 19.2 Å². The highest BCUT2D eigenvalue weighted by Gasteiger charge is 2.34. The number of aryl methyl sites for hydroxylation is 1. The molecule has 2 amide bonds. The van der Waals surface area contributed by atoms with Crippen LogP contribution in [0.1, 0.15) is 45.2 Å². The molecule has 0 saturated carbocycles. The lowest BCUT2D eigenvalue weighted by molar-refractivity contribution is -0.140. The summed E-state index contributed by atoms with van der Waals surface area (Å²) >= 11 is 0. The minimum Gasteiger partial charge on any atom is -0.494 e. The summed E-state index contributed by atoms with van der Waals surface area (Å²) in [5.74, 6) is 0.554. The quantitative estimate of drug-likeness (QED) is 0.230. The van der Waals surface area contributed by atoms with Gasteiger partial charge in [-0.05, 0) is 73.7 Å². The van der Waals surface area contributed by atoms with E-state index in [4.69, 9.17) is 14.2 Å². The predicted molar refractivity (Wildman–Crippen MR) is 175 cm³/mol. The molecule has 45 heavy (non-hydrogen) atoms. The van der Waals surface area contributed by atoms with Gasteiger partial charge in [-0.2, -0.15) is 0 Å². The van der Waals surface area contributed by atoms with Gasteiger partial charge in [-0.15, -0.1) is 0 Å². The van der Waals surface area contributed by atoms with Crippen molar-refractivity contribution in [1.29, 1.82) is 0 Å². The van der Waals surface area contributed by atoms with Crippen molar-refractivity contribution in [3.63, 3.8) is 0 Å². The van der Waals surface area contributed by atoms with Gasteiger partial charge in [0.25, 0.3) is 10.0 Å². The highest BCUT2D eigenvalue weighted by Crippen LogP contribution is 2.33. The molecule has 0 aliphatic rings. The zero-order valence-corrected chi connectivity index (χ0v) is 28.0. The van der Waals surface area contributed by atoms with Gasteiger partial charge in [-0.25, -0.2) is 8.42 Å². The molecule has 0 heterocycles. The number of benzene rings is 3. The lowest BCUT2D eigenvalue weighted by Crippen LogP contribution is -2.52. The third-order valence-corrected chi connectivity index (χ3v) is 9.10. The largest absolute Gasteiger partial charge is 0.494 e. The Balaban J connectivity index is 2.11. The van der Waals surface area contributed by atoms with Crippen LogP contribution in [0, 0.1) is 12.8 Å². The number of nitrogens with one attached hydrogen (secondary N) is 1. The Labute approximate surface area is 267 Å². The van der Waals surface area contributed by atoms with Gasteiger partial charge in [0.05, 0.1) is 31.4 Å². The number of carbonyl (C=O) groups is 2. The zero-order valence-electron chi connectivity index (χ0n) is 27.2. The van der Waals surface area contributed by atoms with Crippen molar-refractivity contribution in [1.82, 2.24) is 10.2 Å². The number of amides is 2. The molecule has 0 bridgehead atoms. The number of anilines is 1. The van der Waals surface area contributed by atoms with Crippen LogP contribution in [0.4, 0.5) is 5.69 Å². The topological polar surface area (TPSA) is 114 Å². The first kappa shape index (κ1) is 35.2. The second-order valence-electron chi connectivity index (χ2n) is 11.0. The molecule has 3 rings (SSSR count). The van der Waals surface area contributed by atoms with E-state index < -0.39 is 28.5 Å². The van der Waals surface area contributed by atoms with E-state index >= 15 is 0 Å². The van der Waals surface area contributed by atoms with E-state index in [9.17, 15) is 18.0 Å². The van der Waals surface area contributed by atoms with Gasteiger partial charge in [0.1, 0.15) is 18.3 Å². The van der Waals surface area contributed by atoms with E-state index in [0.717, 1.165) is 15.4 Å². The van der Waals surface area contributed by atoms with Crippen molar-refractivity contribution in [2.45, 2.75) is 58.5 Å². The van der Waals surface area contributed by atoms with Crippen LogP contribution >= 0.6 is 0 Å². The van der Waals surface area contributed by atoms with Gasteiger partial charge < -0.3 is 24.4 Å². The normalized spacial score (nSPS) is 11.9. The molecular formula is C34H45N3O7S. The van der Waals surface area contributed by atoms with Crippen LogP contribution in [0.25, 0.3) is 0 Å². The lowest BCUT2D eigenvalue weighted by atomic mass is 10.1. The maximum Gasteiger partial charge on any atom is 0.264 e. The number of nitrogens with zero attached hydrogens (tertiary/aromatic N) is 2. The molecule has 0 aliphatic carbocycles. The van der Waals surface area contributed by atoms with E-state index in [2.05, 4.69) is 5.32 Å². The Morgan fingerprint density at radius 3 is 2.16 bits per heavy atom. The van der Waals surface area contributed by atoms with Crippen LogP contribution in [0.2, 0.25) is 0 Å². The minimum absolute atomic E-state index is 0.0889. The molecule has 244 valence electrons. The molecule has 0 saturated heterocycles. The number of hydrogen-bond donors (Lipinski definition) is 1. The first-order chi connectivity index (χ1) is 21.5. The Hall–Kier alpha value is -4.25. The molecule has 0 aliphatic heterocycles. The first-order valence-corrected chi connectivity index (χ1v) is 16.5. The number of hydrogen-bond acceptors (Lipinski definition) is 7. The molecule has 11 heteroatoms. The summed E-state index contributed by atoms with van der Waals surface area (Å²) in [6.45, 7) is 10.1. The van der Waals surface area contributed by atoms with Gasteiger partial charge in [-0.1, -0.05) is 45.0 Å². The van der Waals surface area contributed by atoms with Crippen LogP contribution in [-0.2, 0) is 26.2 Å². The van der Waals surface area contributed by atoms with E-state index in [1.54, 1.807) is 24.3 Å². The number of ether oxygens (including phenoxy) is 3.